The van der Waals surface area contributed by atoms with Crippen molar-refractivity contribution < 1.29 is 9.42 Å². The molecule has 3 nitrogen and oxygen atoms in total. The third-order valence-corrected chi connectivity index (χ3v) is 1.22. The Labute approximate surface area is 78.4 Å². The van der Waals surface area contributed by atoms with Crippen molar-refractivity contribution in [2.75, 3.05) is 6.61 Å². The van der Waals surface area contributed by atoms with E-state index in [0.717, 1.165) is 12.3 Å². The third-order valence-electron chi connectivity index (χ3n) is 0.544. The third kappa shape index (κ3) is 9.05. The number of hydrogen-bond donors (Lipinski definition) is 1. The minimum atomic E-state index is -1.68. The fraction of sp³-hybridized carbons (Fsp3) is 0.750. The van der Waals surface area contributed by atoms with E-state index in [2.05, 4.69) is 4.52 Å². The molecule has 0 amide bonds. The van der Waals surface area contributed by atoms with E-state index in [0.29, 0.717) is 6.61 Å². The molecule has 0 saturated carbocycles. The summed E-state index contributed by atoms with van der Waals surface area (Å²) in [4.78, 5) is 10.3. The van der Waals surface area contributed by atoms with Gasteiger partial charge >= 0.3 is 29.6 Å². The molecule has 0 rings (SSSR count). The number of nitrogens with two attached hydrogens (primary N) is 1. The fourth-order valence-electron chi connectivity index (χ4n) is 0.224. The van der Waals surface area contributed by atoms with Gasteiger partial charge in [-0.2, -0.15) is 4.52 Å². The van der Waals surface area contributed by atoms with Gasteiger partial charge in [0.1, 0.15) is 0 Å². The van der Waals surface area contributed by atoms with Crippen molar-refractivity contribution in [1.82, 2.24) is 0 Å². The molecule has 0 aromatic heterocycles. The Morgan fingerprint density at radius 3 is 2.67 bits per heavy atom. The molecule has 9 heavy (non-hydrogen) atoms. The summed E-state index contributed by atoms with van der Waals surface area (Å²) >= 11 is 0. The van der Waals surface area contributed by atoms with Crippen molar-refractivity contribution in [3.63, 3.8) is 0 Å². The molecule has 2 N–H and O–H groups in total. The molecule has 1 unspecified atom stereocenters. The maximum absolute atomic E-state index is 10.3. The minimum absolute atomic E-state index is 0. The van der Waals surface area contributed by atoms with E-state index in [9.17, 15) is 4.89 Å². The van der Waals surface area contributed by atoms with Crippen LogP contribution < -0.4 is 10.6 Å². The Morgan fingerprint density at radius 2 is 2.33 bits per heavy atom. The van der Waals surface area contributed by atoms with Crippen molar-refractivity contribution >= 4 is 43.5 Å². The summed E-state index contributed by atoms with van der Waals surface area (Å²) < 4.78 is 4.67. The van der Waals surface area contributed by atoms with E-state index >= 15 is 0 Å². The average Bonchev–Trinajstić information content (AvgIpc) is 1.83. The fourth-order valence-corrected chi connectivity index (χ4v) is 0.673. The monoisotopic (exact) mass is 159 g/mol. The van der Waals surface area contributed by atoms with Gasteiger partial charge in [-0.15, -0.1) is 0 Å². The molecule has 5 heteroatoms. The topological polar surface area (TPSA) is 58.3 Å². The van der Waals surface area contributed by atoms with Crippen LogP contribution in [-0.4, -0.2) is 42.1 Å². The molecule has 0 bridgehead atoms. The first-order valence-electron chi connectivity index (χ1n) is 2.45. The second kappa shape index (κ2) is 9.05. The summed E-state index contributed by atoms with van der Waals surface area (Å²) in [5.74, 6) is 1.06. The molecule has 0 aliphatic heterocycles. The van der Waals surface area contributed by atoms with Crippen molar-refractivity contribution in [3.8, 4) is 0 Å². The standard InChI is InChI=1S/C4H10NO2P.Na.H/c1-2-3-7-8(6)4-5;;/h4H,2-3,5H2,1H3;;. The van der Waals surface area contributed by atoms with Gasteiger partial charge in [0, 0.05) is 0 Å². The second-order valence-electron chi connectivity index (χ2n) is 1.27. The van der Waals surface area contributed by atoms with Gasteiger partial charge in [-0.3, -0.25) is 5.73 Å². The molecular weight excluding hydrogens is 148 g/mol. The SMILES string of the molecule is CCCO/[P+]([O-])=C/N.[NaH]. The first-order chi connectivity index (χ1) is 3.81. The Hall–Kier alpha value is 1.05. The van der Waals surface area contributed by atoms with E-state index in [1.54, 1.807) is 0 Å². The second-order valence-corrected chi connectivity index (χ2v) is 2.39. The van der Waals surface area contributed by atoms with E-state index < -0.39 is 8.00 Å². The average molecular weight is 159 g/mol. The van der Waals surface area contributed by atoms with E-state index in [-0.39, 0.29) is 29.6 Å². The van der Waals surface area contributed by atoms with Crippen molar-refractivity contribution in [2.24, 2.45) is 5.73 Å². The molecule has 0 aliphatic carbocycles. The molecular formula is C4H11NNaO2P. The summed E-state index contributed by atoms with van der Waals surface area (Å²) in [5, 5.41) is 0. The zero-order valence-corrected chi connectivity index (χ0v) is 5.73. The maximum atomic E-state index is 10.3. The van der Waals surface area contributed by atoms with Gasteiger partial charge in [0.25, 0.3) is 0 Å². The van der Waals surface area contributed by atoms with Crippen molar-refractivity contribution in [1.29, 1.82) is 0 Å². The zero-order chi connectivity index (χ0) is 6.41. The van der Waals surface area contributed by atoms with E-state index in [1.807, 2.05) is 6.92 Å². The molecule has 1 atom stereocenters. The molecule has 0 fully saturated rings. The van der Waals surface area contributed by atoms with Crippen LogP contribution in [0.25, 0.3) is 0 Å². The summed E-state index contributed by atoms with van der Waals surface area (Å²) in [7, 11) is -1.68. The van der Waals surface area contributed by atoms with Crippen LogP contribution in [0.15, 0.2) is 0 Å². The number of hydrogen-bond acceptors (Lipinski definition) is 2. The van der Waals surface area contributed by atoms with Gasteiger partial charge in [0.15, 0.2) is 5.92 Å². The van der Waals surface area contributed by atoms with Crippen LogP contribution in [0, 0.1) is 0 Å². The van der Waals surface area contributed by atoms with Crippen LogP contribution in [0.5, 0.6) is 0 Å². The number of rotatable bonds is 3. The van der Waals surface area contributed by atoms with Gasteiger partial charge in [-0.05, 0) is 6.42 Å². The summed E-state index contributed by atoms with van der Waals surface area (Å²) in [6.07, 6.45) is 0.870. The van der Waals surface area contributed by atoms with Gasteiger partial charge in [-0.25, -0.2) is 0 Å². The van der Waals surface area contributed by atoms with E-state index in [1.165, 1.54) is 0 Å². The van der Waals surface area contributed by atoms with Crippen molar-refractivity contribution in [2.45, 2.75) is 13.3 Å². The predicted molar refractivity (Wildman–Crippen MR) is 40.6 cm³/mol. The first-order valence-corrected chi connectivity index (χ1v) is 3.70. The summed E-state index contributed by atoms with van der Waals surface area (Å²) in [6, 6.07) is 0. The normalized spacial score (nSPS) is 10.8. The molecule has 0 saturated heterocycles. The predicted octanol–water partition coefficient (Wildman–Crippen LogP) is -0.845. The molecule has 0 spiro atoms. The Morgan fingerprint density at radius 1 is 1.78 bits per heavy atom. The summed E-state index contributed by atoms with van der Waals surface area (Å²) in [6.45, 7) is 2.46. The van der Waals surface area contributed by atoms with Crippen LogP contribution in [0.1, 0.15) is 13.3 Å². The zero-order valence-electron chi connectivity index (χ0n) is 4.83. The van der Waals surface area contributed by atoms with Crippen LogP contribution in [-0.2, 0) is 4.52 Å². The Bertz CT molecular complexity index is 88.6. The molecule has 0 radical (unpaired) electrons. The van der Waals surface area contributed by atoms with Gasteiger partial charge < -0.3 is 4.89 Å². The van der Waals surface area contributed by atoms with Gasteiger partial charge in [0.2, 0.25) is 8.00 Å². The van der Waals surface area contributed by atoms with Gasteiger partial charge in [0.05, 0.1) is 6.61 Å². The first kappa shape index (κ1) is 12.7. The molecule has 0 aliphatic rings. The van der Waals surface area contributed by atoms with Crippen LogP contribution in [0.3, 0.4) is 0 Å². The summed E-state index contributed by atoms with van der Waals surface area (Å²) in [5.41, 5.74) is 4.88. The van der Waals surface area contributed by atoms with Gasteiger partial charge in [-0.1, -0.05) is 6.92 Å². The molecule has 0 heterocycles. The van der Waals surface area contributed by atoms with Crippen LogP contribution in [0.2, 0.25) is 0 Å². The Kier molecular flexibility index (Phi) is 12.8. The molecule has 0 aromatic carbocycles. The van der Waals surface area contributed by atoms with Crippen LogP contribution in [0.4, 0.5) is 0 Å². The van der Waals surface area contributed by atoms with Crippen LogP contribution >= 0.6 is 8.00 Å². The Balaban J connectivity index is 0. The quantitative estimate of drug-likeness (QED) is 0.431. The molecule has 50 valence electrons. The van der Waals surface area contributed by atoms with E-state index in [4.69, 9.17) is 5.73 Å². The van der Waals surface area contributed by atoms with Crippen molar-refractivity contribution in [3.05, 3.63) is 0 Å². The molecule has 0 aromatic rings.